The maximum absolute atomic E-state index is 12.3. The molecule has 1 amide bonds. The molecule has 9 heteroatoms. The van der Waals surface area contributed by atoms with Crippen LogP contribution in [0.3, 0.4) is 0 Å². The molecule has 1 atom stereocenters. The van der Waals surface area contributed by atoms with Crippen molar-refractivity contribution in [3.05, 3.63) is 49.2 Å². The van der Waals surface area contributed by atoms with Gasteiger partial charge in [0.1, 0.15) is 11.6 Å². The summed E-state index contributed by atoms with van der Waals surface area (Å²) in [6, 6.07) is 7.49. The summed E-state index contributed by atoms with van der Waals surface area (Å²) >= 11 is 0. The molecule has 1 aliphatic rings. The van der Waals surface area contributed by atoms with Gasteiger partial charge in [0, 0.05) is 37.3 Å². The van der Waals surface area contributed by atoms with Crippen LogP contribution in [0.4, 0.5) is 24.7 Å². The van der Waals surface area contributed by atoms with E-state index in [9.17, 15) is 18.0 Å². The zero-order chi connectivity index (χ0) is 18.7. The fraction of sp³-hybridized carbons (Fsp3) is 0.294. The predicted octanol–water partition coefficient (Wildman–Crippen LogP) is 2.85. The quantitative estimate of drug-likeness (QED) is 0.827. The average molecular weight is 366 g/mol. The minimum absolute atomic E-state index is 0.0809. The Balaban J connectivity index is 1.77. The third kappa shape index (κ3) is 4.16. The Bertz CT molecular complexity index is 786. The molecule has 1 aromatic carbocycles. The Morgan fingerprint density at radius 2 is 2.04 bits per heavy atom. The van der Waals surface area contributed by atoms with Gasteiger partial charge in [0.05, 0.1) is 6.20 Å². The lowest BCUT2D eigenvalue weighted by Crippen LogP contribution is -2.41. The molecule has 2 heterocycles. The van der Waals surface area contributed by atoms with Gasteiger partial charge in [-0.1, -0.05) is 6.58 Å². The largest absolute Gasteiger partial charge is 0.573 e. The van der Waals surface area contributed by atoms with Gasteiger partial charge in [-0.25, -0.2) is 4.68 Å². The van der Waals surface area contributed by atoms with Crippen molar-refractivity contribution in [1.29, 1.82) is 0 Å². The lowest BCUT2D eigenvalue weighted by molar-refractivity contribution is -0.274. The van der Waals surface area contributed by atoms with E-state index in [0.29, 0.717) is 25.3 Å². The van der Waals surface area contributed by atoms with Crippen molar-refractivity contribution in [3.8, 4) is 5.75 Å². The Morgan fingerprint density at radius 3 is 2.69 bits per heavy atom. The van der Waals surface area contributed by atoms with Crippen molar-refractivity contribution in [1.82, 2.24) is 15.1 Å². The van der Waals surface area contributed by atoms with E-state index in [4.69, 9.17) is 0 Å². The van der Waals surface area contributed by atoms with Crippen LogP contribution in [-0.2, 0) is 11.3 Å². The molecule has 2 aromatic rings. The molecule has 0 radical (unpaired) electrons. The summed E-state index contributed by atoms with van der Waals surface area (Å²) < 4.78 is 42.6. The fourth-order valence-electron chi connectivity index (χ4n) is 2.86. The van der Waals surface area contributed by atoms with Gasteiger partial charge in [0.2, 0.25) is 5.91 Å². The normalized spacial score (nSPS) is 16.7. The highest BCUT2D eigenvalue weighted by molar-refractivity contribution is 5.86. The number of halogens is 3. The van der Waals surface area contributed by atoms with Gasteiger partial charge in [-0.15, -0.1) is 13.2 Å². The van der Waals surface area contributed by atoms with Gasteiger partial charge in [-0.05, 0) is 30.3 Å². The third-order valence-corrected chi connectivity index (χ3v) is 3.97. The maximum atomic E-state index is 12.3. The second kappa shape index (κ2) is 7.11. The van der Waals surface area contributed by atoms with Crippen molar-refractivity contribution in [2.75, 3.05) is 18.0 Å². The molecule has 1 aromatic heterocycles. The smallest absolute Gasteiger partial charge is 0.406 e. The van der Waals surface area contributed by atoms with E-state index < -0.39 is 6.36 Å². The Hall–Kier alpha value is -2.97. The number of benzene rings is 1. The van der Waals surface area contributed by atoms with Crippen LogP contribution < -0.4 is 15.0 Å². The molecule has 0 aliphatic carbocycles. The van der Waals surface area contributed by atoms with Gasteiger partial charge in [-0.3, -0.25) is 4.79 Å². The predicted molar refractivity (Wildman–Crippen MR) is 89.1 cm³/mol. The molecule has 1 N–H and O–H groups in total. The molecule has 6 nitrogen and oxygen atoms in total. The van der Waals surface area contributed by atoms with Crippen LogP contribution in [-0.4, -0.2) is 35.1 Å². The molecule has 26 heavy (non-hydrogen) atoms. The molecule has 0 fully saturated rings. The first kappa shape index (κ1) is 17.8. The van der Waals surface area contributed by atoms with E-state index in [1.165, 1.54) is 18.2 Å². The first-order valence-electron chi connectivity index (χ1n) is 7.91. The van der Waals surface area contributed by atoms with Gasteiger partial charge in [0.25, 0.3) is 0 Å². The van der Waals surface area contributed by atoms with Gasteiger partial charge in [-0.2, -0.15) is 5.10 Å². The van der Waals surface area contributed by atoms with E-state index in [1.54, 1.807) is 23.0 Å². The SMILES string of the molecule is C=CC(=O)NC[C@@H]1CN(c2ccc(OC(F)(F)F)cc2)c2ccnn2C1. The first-order valence-corrected chi connectivity index (χ1v) is 7.91. The van der Waals surface area contributed by atoms with Crippen LogP contribution in [0.2, 0.25) is 0 Å². The number of amides is 1. The molecule has 138 valence electrons. The van der Waals surface area contributed by atoms with Crippen LogP contribution >= 0.6 is 0 Å². The summed E-state index contributed by atoms with van der Waals surface area (Å²) in [4.78, 5) is 13.3. The highest BCUT2D eigenvalue weighted by Gasteiger charge is 2.31. The van der Waals surface area contributed by atoms with E-state index >= 15 is 0 Å². The number of rotatable bonds is 5. The van der Waals surface area contributed by atoms with Crippen molar-refractivity contribution in [2.45, 2.75) is 12.9 Å². The highest BCUT2D eigenvalue weighted by atomic mass is 19.4. The molecule has 0 spiro atoms. The lowest BCUT2D eigenvalue weighted by Gasteiger charge is -2.34. The molecular weight excluding hydrogens is 349 g/mol. The average Bonchev–Trinajstić information content (AvgIpc) is 3.06. The van der Waals surface area contributed by atoms with Crippen LogP contribution in [0.15, 0.2) is 49.2 Å². The number of hydrogen-bond acceptors (Lipinski definition) is 4. The van der Waals surface area contributed by atoms with E-state index in [0.717, 1.165) is 5.82 Å². The van der Waals surface area contributed by atoms with Crippen LogP contribution in [0, 0.1) is 5.92 Å². The van der Waals surface area contributed by atoms with Crippen LogP contribution in [0.5, 0.6) is 5.75 Å². The Morgan fingerprint density at radius 1 is 1.31 bits per heavy atom. The molecule has 3 rings (SSSR count). The van der Waals surface area contributed by atoms with Crippen molar-refractivity contribution in [3.63, 3.8) is 0 Å². The number of aromatic nitrogens is 2. The van der Waals surface area contributed by atoms with Crippen molar-refractivity contribution >= 4 is 17.4 Å². The minimum atomic E-state index is -4.72. The molecular formula is C17H17F3N4O2. The number of fused-ring (bicyclic) bond motifs is 1. The Kier molecular flexibility index (Phi) is 4.88. The molecule has 0 unspecified atom stereocenters. The molecule has 0 bridgehead atoms. The van der Waals surface area contributed by atoms with Gasteiger partial charge >= 0.3 is 6.36 Å². The summed E-state index contributed by atoms with van der Waals surface area (Å²) in [5, 5.41) is 7.03. The molecule has 0 saturated heterocycles. The summed E-state index contributed by atoms with van der Waals surface area (Å²) in [6.07, 6.45) is -1.85. The van der Waals surface area contributed by atoms with Gasteiger partial charge < -0.3 is 15.0 Å². The zero-order valence-corrected chi connectivity index (χ0v) is 13.7. The summed E-state index contributed by atoms with van der Waals surface area (Å²) in [6.45, 7) is 5.07. The topological polar surface area (TPSA) is 59.4 Å². The number of nitrogens with one attached hydrogen (secondary N) is 1. The van der Waals surface area contributed by atoms with Crippen LogP contribution in [0.1, 0.15) is 0 Å². The van der Waals surface area contributed by atoms with Crippen LogP contribution in [0.25, 0.3) is 0 Å². The fourth-order valence-corrected chi connectivity index (χ4v) is 2.86. The summed E-state index contributed by atoms with van der Waals surface area (Å²) in [5.74, 6) is 0.385. The number of hydrogen-bond donors (Lipinski definition) is 1. The monoisotopic (exact) mass is 366 g/mol. The second-order valence-corrected chi connectivity index (χ2v) is 5.84. The molecule has 0 saturated carbocycles. The van der Waals surface area contributed by atoms with E-state index in [-0.39, 0.29) is 17.6 Å². The highest BCUT2D eigenvalue weighted by Crippen LogP contribution is 2.32. The maximum Gasteiger partial charge on any atom is 0.573 e. The number of alkyl halides is 3. The van der Waals surface area contributed by atoms with Gasteiger partial charge in [0.15, 0.2) is 0 Å². The number of ether oxygens (including phenoxy) is 1. The number of carbonyl (C=O) groups excluding carboxylic acids is 1. The standard InChI is InChI=1S/C17H17F3N4O2/c1-2-15(25)21-9-12-10-23(16-7-8-22-24(16)11-12)13-3-5-14(6-4-13)26-17(18,19)20/h2-8,12H,1,9-11H2,(H,21,25)/t12-/m1/s1. The van der Waals surface area contributed by atoms with E-state index in [2.05, 4.69) is 21.7 Å². The summed E-state index contributed by atoms with van der Waals surface area (Å²) in [5.41, 5.74) is 0.709. The molecule has 1 aliphatic heterocycles. The van der Waals surface area contributed by atoms with Crippen molar-refractivity contribution < 1.29 is 22.7 Å². The number of nitrogens with zero attached hydrogens (tertiary/aromatic N) is 3. The number of carbonyl (C=O) groups is 1. The van der Waals surface area contributed by atoms with Crippen molar-refractivity contribution in [2.24, 2.45) is 5.92 Å². The first-order chi connectivity index (χ1) is 12.4. The minimum Gasteiger partial charge on any atom is -0.406 e. The lowest BCUT2D eigenvalue weighted by atomic mass is 10.1. The number of anilines is 2. The zero-order valence-electron chi connectivity index (χ0n) is 13.7. The second-order valence-electron chi connectivity index (χ2n) is 5.84. The summed E-state index contributed by atoms with van der Waals surface area (Å²) in [7, 11) is 0. The third-order valence-electron chi connectivity index (χ3n) is 3.97. The van der Waals surface area contributed by atoms with E-state index in [1.807, 2.05) is 11.0 Å². The Labute approximate surface area is 147 Å².